The van der Waals surface area contributed by atoms with Gasteiger partial charge in [-0.2, -0.15) is 9.97 Å². The summed E-state index contributed by atoms with van der Waals surface area (Å²) < 4.78 is 2.24. The Morgan fingerprint density at radius 3 is 1.42 bits per heavy atom. The maximum atomic E-state index is 5.25. The number of rotatable bonds is 5. The van der Waals surface area contributed by atoms with Gasteiger partial charge < -0.3 is 0 Å². The van der Waals surface area contributed by atoms with Crippen molar-refractivity contribution >= 4 is 64.9 Å². The van der Waals surface area contributed by atoms with Gasteiger partial charge in [-0.25, -0.2) is 4.98 Å². The van der Waals surface area contributed by atoms with Gasteiger partial charge >= 0.3 is 0 Å². The zero-order chi connectivity index (χ0) is 38.9. The Kier molecular flexibility index (Phi) is 7.50. The highest BCUT2D eigenvalue weighted by atomic mass is 15.2. The topological polar surface area (TPSA) is 43.6 Å². The fraction of sp³-hybridized carbons (Fsp3) is 0. The molecule has 12 aromatic rings. The summed E-state index contributed by atoms with van der Waals surface area (Å²) in [6, 6.07) is 73.6. The van der Waals surface area contributed by atoms with Gasteiger partial charge in [0.2, 0.25) is 5.95 Å². The van der Waals surface area contributed by atoms with Gasteiger partial charge in [0.25, 0.3) is 0 Å². The molecule has 0 unspecified atom stereocenters. The Morgan fingerprint density at radius 2 is 0.729 bits per heavy atom. The standard InChI is InChI=1S/C55H34N4/c1-4-14-35(15-5-1)41-27-29-51-49(32-41)50-33-47-44-23-13-12-22-43(44)46-31-42(40-25-24-36-16-10-11-21-39(36)30-40)26-28-45(46)48(47)34-52(50)59(51)55-57-53(37-17-6-2-7-18-37)56-54(58-55)38-19-8-3-9-20-38/h1-34H. The van der Waals surface area contributed by atoms with Crippen LogP contribution in [0.3, 0.4) is 0 Å². The normalized spacial score (nSPS) is 11.7. The van der Waals surface area contributed by atoms with Crippen molar-refractivity contribution in [1.82, 2.24) is 19.5 Å². The molecule has 2 aromatic heterocycles. The van der Waals surface area contributed by atoms with Gasteiger partial charge in [0.15, 0.2) is 11.6 Å². The molecule has 0 aliphatic carbocycles. The van der Waals surface area contributed by atoms with Crippen molar-refractivity contribution < 1.29 is 0 Å². The maximum absolute atomic E-state index is 5.25. The van der Waals surface area contributed by atoms with E-state index < -0.39 is 0 Å². The van der Waals surface area contributed by atoms with Gasteiger partial charge in [0, 0.05) is 21.9 Å². The highest BCUT2D eigenvalue weighted by molar-refractivity contribution is 6.29. The molecule has 12 rings (SSSR count). The van der Waals surface area contributed by atoms with Gasteiger partial charge in [-0.15, -0.1) is 0 Å². The lowest BCUT2D eigenvalue weighted by Crippen LogP contribution is -2.06. The molecule has 0 saturated heterocycles. The van der Waals surface area contributed by atoms with E-state index in [1.165, 1.54) is 59.8 Å². The van der Waals surface area contributed by atoms with E-state index in [0.717, 1.165) is 38.5 Å². The molecule has 0 spiro atoms. The minimum atomic E-state index is 0.577. The molecule has 0 aliphatic rings. The van der Waals surface area contributed by atoms with Crippen LogP contribution in [0.15, 0.2) is 206 Å². The van der Waals surface area contributed by atoms with Gasteiger partial charge in [0.1, 0.15) is 0 Å². The van der Waals surface area contributed by atoms with E-state index in [9.17, 15) is 0 Å². The number of hydrogen-bond acceptors (Lipinski definition) is 3. The molecule has 0 amide bonds. The fourth-order valence-electron chi connectivity index (χ4n) is 8.94. The summed E-state index contributed by atoms with van der Waals surface area (Å²) in [5.41, 5.74) is 8.68. The van der Waals surface area contributed by atoms with Gasteiger partial charge in [-0.3, -0.25) is 4.57 Å². The zero-order valence-electron chi connectivity index (χ0n) is 31.9. The lowest BCUT2D eigenvalue weighted by molar-refractivity contribution is 0.954. The van der Waals surface area contributed by atoms with E-state index in [2.05, 4.69) is 174 Å². The summed E-state index contributed by atoms with van der Waals surface area (Å²) in [6.45, 7) is 0. The second kappa shape index (κ2) is 13.3. The molecule has 59 heavy (non-hydrogen) atoms. The van der Waals surface area contributed by atoms with Crippen molar-refractivity contribution in [2.45, 2.75) is 0 Å². The molecular formula is C55H34N4. The third-order valence-corrected chi connectivity index (χ3v) is 11.8. The summed E-state index contributed by atoms with van der Waals surface area (Å²) in [5, 5.41) is 12.1. The van der Waals surface area contributed by atoms with Crippen molar-refractivity contribution in [3.63, 3.8) is 0 Å². The Hall–Kier alpha value is -7.95. The average Bonchev–Trinajstić information content (AvgIpc) is 3.64. The lowest BCUT2D eigenvalue weighted by atomic mass is 9.91. The molecule has 0 atom stereocenters. The Balaban J connectivity index is 1.18. The van der Waals surface area contributed by atoms with Crippen molar-refractivity contribution in [3.8, 4) is 51.0 Å². The van der Waals surface area contributed by atoms with E-state index in [1.807, 2.05) is 36.4 Å². The molecule has 0 radical (unpaired) electrons. The van der Waals surface area contributed by atoms with E-state index in [-0.39, 0.29) is 0 Å². The minimum absolute atomic E-state index is 0.577. The van der Waals surface area contributed by atoms with Crippen molar-refractivity contribution in [3.05, 3.63) is 206 Å². The molecule has 4 nitrogen and oxygen atoms in total. The van der Waals surface area contributed by atoms with E-state index in [1.54, 1.807) is 0 Å². The third kappa shape index (κ3) is 5.49. The third-order valence-electron chi connectivity index (χ3n) is 11.8. The second-order valence-electron chi connectivity index (χ2n) is 15.2. The molecule has 0 N–H and O–H groups in total. The monoisotopic (exact) mass is 750 g/mol. The highest BCUT2D eigenvalue weighted by Gasteiger charge is 2.21. The molecule has 0 bridgehead atoms. The predicted octanol–water partition coefficient (Wildman–Crippen LogP) is 14.2. The number of aromatic nitrogens is 4. The first-order valence-corrected chi connectivity index (χ1v) is 20.0. The summed E-state index contributed by atoms with van der Waals surface area (Å²) in [7, 11) is 0. The summed E-state index contributed by atoms with van der Waals surface area (Å²) >= 11 is 0. The van der Waals surface area contributed by atoms with Crippen LogP contribution in [0.25, 0.3) is 116 Å². The Labute approximate surface area is 340 Å². The van der Waals surface area contributed by atoms with Crippen molar-refractivity contribution in [2.75, 3.05) is 0 Å². The van der Waals surface area contributed by atoms with E-state index in [0.29, 0.717) is 17.6 Å². The largest absolute Gasteiger partial charge is 0.278 e. The first-order valence-electron chi connectivity index (χ1n) is 20.0. The molecule has 0 saturated carbocycles. The fourth-order valence-corrected chi connectivity index (χ4v) is 8.94. The number of nitrogens with zero attached hydrogens (tertiary/aromatic N) is 4. The van der Waals surface area contributed by atoms with Crippen LogP contribution in [0, 0.1) is 0 Å². The number of fused-ring (bicyclic) bond motifs is 10. The smallest absolute Gasteiger partial charge is 0.238 e. The molecule has 10 aromatic carbocycles. The van der Waals surface area contributed by atoms with E-state index >= 15 is 0 Å². The molecule has 0 fully saturated rings. The zero-order valence-corrected chi connectivity index (χ0v) is 31.9. The quantitative estimate of drug-likeness (QED) is 0.165. The molecule has 274 valence electrons. The van der Waals surface area contributed by atoms with Crippen molar-refractivity contribution in [2.24, 2.45) is 0 Å². The summed E-state index contributed by atoms with van der Waals surface area (Å²) in [4.78, 5) is 15.5. The van der Waals surface area contributed by atoms with Crippen LogP contribution >= 0.6 is 0 Å². The number of benzene rings is 10. The van der Waals surface area contributed by atoms with Crippen LogP contribution in [0.2, 0.25) is 0 Å². The highest BCUT2D eigenvalue weighted by Crippen LogP contribution is 2.43. The summed E-state index contributed by atoms with van der Waals surface area (Å²) in [6.07, 6.45) is 0. The SMILES string of the molecule is c1ccc(-c2ccc3c(c2)c2cc4c5ccccc5c5cc(-c6ccc7ccccc7c6)ccc5c4cc2n3-c2nc(-c3ccccc3)nc(-c3ccccc3)n2)cc1. The summed E-state index contributed by atoms with van der Waals surface area (Å²) in [5.74, 6) is 1.83. The van der Waals surface area contributed by atoms with Crippen LogP contribution in [-0.2, 0) is 0 Å². The predicted molar refractivity (Wildman–Crippen MR) is 246 cm³/mol. The van der Waals surface area contributed by atoms with E-state index in [4.69, 9.17) is 15.0 Å². The number of hydrogen-bond donors (Lipinski definition) is 0. The lowest BCUT2D eigenvalue weighted by Gasteiger charge is -2.14. The van der Waals surface area contributed by atoms with Gasteiger partial charge in [-0.05, 0) is 102 Å². The van der Waals surface area contributed by atoms with Crippen LogP contribution in [0.4, 0.5) is 0 Å². The molecule has 0 aliphatic heterocycles. The minimum Gasteiger partial charge on any atom is -0.278 e. The molecular weight excluding hydrogens is 717 g/mol. The Morgan fingerprint density at radius 1 is 0.254 bits per heavy atom. The van der Waals surface area contributed by atoms with Gasteiger partial charge in [-0.1, -0.05) is 170 Å². The second-order valence-corrected chi connectivity index (χ2v) is 15.2. The van der Waals surface area contributed by atoms with Crippen LogP contribution in [0.1, 0.15) is 0 Å². The van der Waals surface area contributed by atoms with Crippen molar-refractivity contribution in [1.29, 1.82) is 0 Å². The first kappa shape index (κ1) is 33.2. The van der Waals surface area contributed by atoms with Crippen LogP contribution < -0.4 is 0 Å². The van der Waals surface area contributed by atoms with Gasteiger partial charge in [0.05, 0.1) is 11.0 Å². The van der Waals surface area contributed by atoms with Crippen LogP contribution in [0.5, 0.6) is 0 Å². The first-order chi connectivity index (χ1) is 29.2. The molecule has 4 heteroatoms. The molecule has 2 heterocycles. The Bertz CT molecular complexity index is 3540. The van der Waals surface area contributed by atoms with Crippen LogP contribution in [-0.4, -0.2) is 19.5 Å². The average molecular weight is 751 g/mol. The maximum Gasteiger partial charge on any atom is 0.238 e.